The molecule has 1 amide bonds. The highest BCUT2D eigenvalue weighted by atomic mass is 19.1. The lowest BCUT2D eigenvalue weighted by Crippen LogP contribution is -2.58. The van der Waals surface area contributed by atoms with E-state index in [1.165, 1.54) is 11.0 Å². The maximum atomic E-state index is 14.8. The summed E-state index contributed by atoms with van der Waals surface area (Å²) in [6.07, 6.45) is 4.47. The fourth-order valence-corrected chi connectivity index (χ4v) is 5.27. The Morgan fingerprint density at radius 1 is 1.22 bits per heavy atom. The first-order chi connectivity index (χ1) is 17.1. The molecule has 3 aromatic rings. The molecule has 0 radical (unpaired) electrons. The molecule has 0 spiro atoms. The van der Waals surface area contributed by atoms with Crippen molar-refractivity contribution in [1.29, 1.82) is 0 Å². The summed E-state index contributed by atoms with van der Waals surface area (Å²) in [5, 5.41) is 24.8. The van der Waals surface area contributed by atoms with Gasteiger partial charge in [0, 0.05) is 42.7 Å². The average molecular weight is 498 g/mol. The molecule has 36 heavy (non-hydrogen) atoms. The maximum Gasteiger partial charge on any atom is 0.407 e. The molecule has 192 valence electrons. The monoisotopic (exact) mass is 497 g/mol. The van der Waals surface area contributed by atoms with Crippen molar-refractivity contribution < 1.29 is 28.9 Å². The minimum Gasteiger partial charge on any atom is -0.508 e. The first kappa shape index (κ1) is 24.4. The highest BCUT2D eigenvalue weighted by molar-refractivity contribution is 5.90. The summed E-state index contributed by atoms with van der Waals surface area (Å²) in [4.78, 5) is 13.3. The Morgan fingerprint density at radius 2 is 2.00 bits per heavy atom. The molecule has 1 aliphatic carbocycles. The minimum atomic E-state index is -0.938. The molecule has 1 aromatic heterocycles. The van der Waals surface area contributed by atoms with Gasteiger partial charge < -0.3 is 24.6 Å². The molecule has 2 fully saturated rings. The van der Waals surface area contributed by atoms with Gasteiger partial charge in [-0.25, -0.2) is 13.9 Å². The summed E-state index contributed by atoms with van der Waals surface area (Å²) >= 11 is 0. The zero-order valence-corrected chi connectivity index (χ0v) is 20.8. The van der Waals surface area contributed by atoms with E-state index in [0.717, 1.165) is 36.2 Å². The van der Waals surface area contributed by atoms with Crippen LogP contribution in [-0.4, -0.2) is 55.3 Å². The number of nitrogens with zero attached hydrogens (tertiary/aromatic N) is 3. The predicted octanol–water partition coefficient (Wildman–Crippen LogP) is 5.94. The molecule has 1 unspecified atom stereocenters. The van der Waals surface area contributed by atoms with E-state index < -0.39 is 17.4 Å². The molecule has 2 heterocycles. The van der Waals surface area contributed by atoms with Crippen molar-refractivity contribution in [1.82, 2.24) is 14.7 Å². The molecule has 2 aliphatic rings. The number of ether oxygens (including phenoxy) is 2. The second-order valence-electron chi connectivity index (χ2n) is 10.7. The molecule has 0 bridgehead atoms. The van der Waals surface area contributed by atoms with Crippen molar-refractivity contribution in [3.05, 3.63) is 42.3 Å². The van der Waals surface area contributed by atoms with E-state index in [1.807, 2.05) is 31.5 Å². The van der Waals surface area contributed by atoms with Crippen molar-refractivity contribution in [3.63, 3.8) is 0 Å². The van der Waals surface area contributed by atoms with E-state index in [9.17, 15) is 19.4 Å². The third kappa shape index (κ3) is 4.59. The van der Waals surface area contributed by atoms with Crippen LogP contribution in [0.1, 0.15) is 59.1 Å². The first-order valence-electron chi connectivity index (χ1n) is 12.4. The van der Waals surface area contributed by atoms with E-state index in [4.69, 9.17) is 9.47 Å². The Hall–Kier alpha value is -3.33. The first-order valence-corrected chi connectivity index (χ1v) is 12.4. The molecular weight excluding hydrogens is 465 g/mol. The summed E-state index contributed by atoms with van der Waals surface area (Å²) in [5.41, 5.74) is 1.21. The lowest BCUT2D eigenvalue weighted by atomic mass is 9.85. The predicted molar refractivity (Wildman–Crippen MR) is 133 cm³/mol. The molecule has 5 rings (SSSR count). The Bertz CT molecular complexity index is 1270. The number of phenolic OH excluding ortho intramolecular Hbond substituents is 1. The number of rotatable bonds is 5. The van der Waals surface area contributed by atoms with Crippen molar-refractivity contribution in [3.8, 4) is 22.6 Å². The summed E-state index contributed by atoms with van der Waals surface area (Å²) in [6, 6.07) is 7.62. The normalized spacial score (nSPS) is 22.3. The summed E-state index contributed by atoms with van der Waals surface area (Å²) in [6.45, 7) is 6.32. The Balaban J connectivity index is 1.48. The smallest absolute Gasteiger partial charge is 0.407 e. The van der Waals surface area contributed by atoms with Crippen LogP contribution in [0.3, 0.4) is 0 Å². The van der Waals surface area contributed by atoms with Crippen LogP contribution in [0, 0.1) is 5.82 Å². The van der Waals surface area contributed by atoms with Crippen LogP contribution < -0.4 is 4.74 Å². The van der Waals surface area contributed by atoms with Gasteiger partial charge in [-0.1, -0.05) is 0 Å². The van der Waals surface area contributed by atoms with Crippen LogP contribution in [-0.2, 0) is 4.74 Å². The highest BCUT2D eigenvalue weighted by Gasteiger charge is 2.42. The Kier molecular flexibility index (Phi) is 6.28. The second kappa shape index (κ2) is 9.28. The van der Waals surface area contributed by atoms with Gasteiger partial charge in [-0.2, -0.15) is 5.10 Å². The van der Waals surface area contributed by atoms with Crippen LogP contribution in [0.5, 0.6) is 11.5 Å². The van der Waals surface area contributed by atoms with Crippen LogP contribution >= 0.6 is 0 Å². The third-order valence-corrected chi connectivity index (χ3v) is 7.03. The quantitative estimate of drug-likeness (QED) is 0.453. The van der Waals surface area contributed by atoms with Crippen LogP contribution in [0.2, 0.25) is 0 Å². The number of aromatic nitrogens is 2. The van der Waals surface area contributed by atoms with Crippen LogP contribution in [0.15, 0.2) is 36.5 Å². The molecule has 1 saturated carbocycles. The number of carboxylic acid groups (broad SMARTS) is 1. The largest absolute Gasteiger partial charge is 0.508 e. The molecule has 1 atom stereocenters. The van der Waals surface area contributed by atoms with E-state index >= 15 is 0 Å². The number of fused-ring (bicyclic) bond motifs is 1. The molecule has 2 N–H and O–H groups in total. The van der Waals surface area contributed by atoms with Gasteiger partial charge in [-0.05, 0) is 69.9 Å². The molecule has 8 nitrogen and oxygen atoms in total. The van der Waals surface area contributed by atoms with Gasteiger partial charge in [0.2, 0.25) is 0 Å². The van der Waals surface area contributed by atoms with Crippen molar-refractivity contribution in [2.45, 2.75) is 76.8 Å². The zero-order chi connectivity index (χ0) is 25.6. The van der Waals surface area contributed by atoms with E-state index in [1.54, 1.807) is 18.3 Å². The molecule has 9 heteroatoms. The second-order valence-corrected chi connectivity index (χ2v) is 10.7. The van der Waals surface area contributed by atoms with Gasteiger partial charge >= 0.3 is 6.09 Å². The lowest BCUT2D eigenvalue weighted by Gasteiger charge is -2.47. The number of halogens is 1. The topological polar surface area (TPSA) is 97.1 Å². The number of amides is 1. The Labute approximate surface area is 209 Å². The molecule has 1 aliphatic heterocycles. The van der Waals surface area contributed by atoms with Gasteiger partial charge in [-0.15, -0.1) is 0 Å². The average Bonchev–Trinajstić information content (AvgIpc) is 3.21. The van der Waals surface area contributed by atoms with Gasteiger partial charge in [0.1, 0.15) is 23.4 Å². The standard InChI is InChI=1S/C27H32FN3O5/c1-27(2,3)30(26(33)34)17-12-19(13-17)36-24-11-16(20-8-7-18(32)14-22(20)28)10-23-21(24)15-29-31(23)25-6-4-5-9-35-25/h7-8,10-11,14-15,17,19,25,32H,4-6,9,12-13H2,1-3H3,(H,33,34)/t17-,19-,25?. The van der Waals surface area contributed by atoms with Crippen LogP contribution in [0.25, 0.3) is 22.0 Å². The number of aromatic hydroxyl groups is 1. The summed E-state index contributed by atoms with van der Waals surface area (Å²) in [7, 11) is 0. The minimum absolute atomic E-state index is 0.126. The van der Waals surface area contributed by atoms with Gasteiger partial charge in [-0.3, -0.25) is 0 Å². The third-order valence-electron chi connectivity index (χ3n) is 7.03. The molecular formula is C27H32FN3O5. The van der Waals surface area contributed by atoms with Crippen molar-refractivity contribution in [2.75, 3.05) is 6.61 Å². The molecule has 2 aromatic carbocycles. The number of hydrogen-bond donors (Lipinski definition) is 2. The van der Waals surface area contributed by atoms with Gasteiger partial charge in [0.25, 0.3) is 0 Å². The lowest BCUT2D eigenvalue weighted by molar-refractivity contribution is -0.0366. The number of phenols is 1. The Morgan fingerprint density at radius 3 is 2.64 bits per heavy atom. The molecule has 1 saturated heterocycles. The van der Waals surface area contributed by atoms with Crippen molar-refractivity contribution >= 4 is 17.0 Å². The van der Waals surface area contributed by atoms with E-state index in [0.29, 0.717) is 36.3 Å². The fourth-order valence-electron chi connectivity index (χ4n) is 5.27. The van der Waals surface area contributed by atoms with Crippen molar-refractivity contribution in [2.24, 2.45) is 0 Å². The summed E-state index contributed by atoms with van der Waals surface area (Å²) in [5.74, 6) is -0.110. The zero-order valence-electron chi connectivity index (χ0n) is 20.8. The SMILES string of the molecule is CC(C)(C)N(C(=O)O)[C@H]1C[C@H](Oc2cc(-c3ccc(O)cc3F)cc3c2cnn3C2CCCCO2)C1. The van der Waals surface area contributed by atoms with E-state index in [-0.39, 0.29) is 24.1 Å². The highest BCUT2D eigenvalue weighted by Crippen LogP contribution is 2.40. The maximum absolute atomic E-state index is 14.8. The van der Waals surface area contributed by atoms with Gasteiger partial charge in [0.05, 0.1) is 17.1 Å². The number of hydrogen-bond acceptors (Lipinski definition) is 5. The van der Waals surface area contributed by atoms with E-state index in [2.05, 4.69) is 5.10 Å². The summed E-state index contributed by atoms with van der Waals surface area (Å²) < 4.78 is 29.0. The van der Waals surface area contributed by atoms with Gasteiger partial charge in [0.15, 0.2) is 6.23 Å². The number of benzene rings is 2. The van der Waals surface area contributed by atoms with Crippen LogP contribution in [0.4, 0.5) is 9.18 Å². The number of carbonyl (C=O) groups is 1. The fraction of sp³-hybridized carbons (Fsp3) is 0.481.